The Hall–Kier alpha value is -0.935. The van der Waals surface area contributed by atoms with Crippen LogP contribution < -0.4 is 5.32 Å². The minimum absolute atomic E-state index is 0.337. The number of nitrogens with zero attached hydrogens (tertiary/aromatic N) is 2. The van der Waals surface area contributed by atoms with Gasteiger partial charge in [-0.2, -0.15) is 0 Å². The van der Waals surface area contributed by atoms with Crippen molar-refractivity contribution in [3.63, 3.8) is 0 Å². The zero-order chi connectivity index (χ0) is 11.6. The quantitative estimate of drug-likeness (QED) is 0.770. The Morgan fingerprint density at radius 2 is 2.29 bits per heavy atom. The van der Waals surface area contributed by atoms with Crippen LogP contribution in [0.1, 0.15) is 18.7 Å². The summed E-state index contributed by atoms with van der Waals surface area (Å²) >= 11 is 0. The van der Waals surface area contributed by atoms with Gasteiger partial charge in [-0.25, -0.2) is 9.97 Å². The predicted octanol–water partition coefficient (Wildman–Crippen LogP) is 0.996. The van der Waals surface area contributed by atoms with Gasteiger partial charge in [-0.15, -0.1) is 0 Å². The molecule has 2 unspecified atom stereocenters. The molecule has 89 valence electrons. The zero-order valence-electron chi connectivity index (χ0n) is 9.93. The Labute approximate surface area is 102 Å². The summed E-state index contributed by atoms with van der Waals surface area (Å²) in [5.74, 6) is 1.27. The SMILES string of the molecule is [B]1CCCC1C1(c2ncccn2)CNCCO1. The van der Waals surface area contributed by atoms with E-state index in [1.54, 1.807) is 12.4 Å². The van der Waals surface area contributed by atoms with Gasteiger partial charge >= 0.3 is 0 Å². The molecule has 5 heteroatoms. The van der Waals surface area contributed by atoms with Crippen LogP contribution in [0.25, 0.3) is 0 Å². The molecule has 1 aromatic rings. The number of hydrogen-bond acceptors (Lipinski definition) is 4. The van der Waals surface area contributed by atoms with Crippen LogP contribution in [0.15, 0.2) is 18.5 Å². The van der Waals surface area contributed by atoms with E-state index in [-0.39, 0.29) is 5.60 Å². The van der Waals surface area contributed by atoms with E-state index in [1.807, 2.05) is 6.07 Å². The van der Waals surface area contributed by atoms with Gasteiger partial charge in [-0.3, -0.25) is 0 Å². The molecule has 0 amide bonds. The molecule has 1 aromatic heterocycles. The lowest BCUT2D eigenvalue weighted by atomic mass is 9.59. The highest BCUT2D eigenvalue weighted by Crippen LogP contribution is 2.43. The first-order valence-corrected chi connectivity index (χ1v) is 6.37. The first-order chi connectivity index (χ1) is 8.42. The van der Waals surface area contributed by atoms with Crippen molar-refractivity contribution in [1.29, 1.82) is 0 Å². The average Bonchev–Trinajstić information content (AvgIpc) is 2.95. The van der Waals surface area contributed by atoms with Crippen LogP contribution in [0.5, 0.6) is 0 Å². The molecule has 0 saturated carbocycles. The van der Waals surface area contributed by atoms with Crippen LogP contribution in [-0.4, -0.2) is 36.9 Å². The molecule has 0 spiro atoms. The van der Waals surface area contributed by atoms with Crippen molar-refractivity contribution in [3.8, 4) is 0 Å². The van der Waals surface area contributed by atoms with E-state index in [0.717, 1.165) is 25.5 Å². The van der Waals surface area contributed by atoms with Crippen molar-refractivity contribution < 1.29 is 4.74 Å². The predicted molar refractivity (Wildman–Crippen MR) is 66.1 cm³/mol. The van der Waals surface area contributed by atoms with E-state index < -0.39 is 0 Å². The highest BCUT2D eigenvalue weighted by Gasteiger charge is 2.46. The molecule has 3 heterocycles. The Morgan fingerprint density at radius 1 is 1.41 bits per heavy atom. The number of rotatable bonds is 2. The number of ether oxygens (including phenoxy) is 1. The molecule has 0 aliphatic carbocycles. The minimum atomic E-state index is -0.337. The van der Waals surface area contributed by atoms with Crippen molar-refractivity contribution in [1.82, 2.24) is 15.3 Å². The molecule has 3 rings (SSSR count). The molecule has 17 heavy (non-hydrogen) atoms. The monoisotopic (exact) mass is 230 g/mol. The van der Waals surface area contributed by atoms with Crippen LogP contribution >= 0.6 is 0 Å². The first-order valence-electron chi connectivity index (χ1n) is 6.37. The lowest BCUT2D eigenvalue weighted by Crippen LogP contribution is -2.51. The third kappa shape index (κ3) is 1.98. The first kappa shape index (κ1) is 11.2. The lowest BCUT2D eigenvalue weighted by molar-refractivity contribution is -0.0821. The van der Waals surface area contributed by atoms with Crippen molar-refractivity contribution in [2.45, 2.75) is 30.6 Å². The molecule has 2 aliphatic heterocycles. The van der Waals surface area contributed by atoms with E-state index in [1.165, 1.54) is 19.2 Å². The molecule has 2 aliphatic rings. The van der Waals surface area contributed by atoms with Crippen LogP contribution in [0.4, 0.5) is 0 Å². The largest absolute Gasteiger partial charge is 0.365 e. The molecule has 2 fully saturated rings. The molecular formula is C12H17BN3O. The molecule has 2 saturated heterocycles. The second-order valence-electron chi connectivity index (χ2n) is 4.76. The molecule has 4 nitrogen and oxygen atoms in total. The number of nitrogens with one attached hydrogen (secondary N) is 1. The maximum atomic E-state index is 6.12. The topological polar surface area (TPSA) is 47.0 Å². The molecule has 0 aromatic carbocycles. The van der Waals surface area contributed by atoms with E-state index >= 15 is 0 Å². The summed E-state index contributed by atoms with van der Waals surface area (Å²) in [4.78, 5) is 8.85. The fourth-order valence-corrected chi connectivity index (χ4v) is 2.89. The van der Waals surface area contributed by atoms with Crippen molar-refractivity contribution in [2.24, 2.45) is 0 Å². The Kier molecular flexibility index (Phi) is 3.12. The number of hydrogen-bond donors (Lipinski definition) is 1. The van der Waals surface area contributed by atoms with Crippen LogP contribution in [0, 0.1) is 0 Å². The van der Waals surface area contributed by atoms with Gasteiger partial charge in [0, 0.05) is 25.5 Å². The average molecular weight is 230 g/mol. The Balaban J connectivity index is 1.95. The molecule has 1 N–H and O–H groups in total. The summed E-state index contributed by atoms with van der Waals surface area (Å²) in [5, 5.41) is 3.43. The summed E-state index contributed by atoms with van der Waals surface area (Å²) in [5.41, 5.74) is -0.337. The fraction of sp³-hybridized carbons (Fsp3) is 0.667. The summed E-state index contributed by atoms with van der Waals surface area (Å²) < 4.78 is 6.12. The minimum Gasteiger partial charge on any atom is -0.365 e. The second-order valence-corrected chi connectivity index (χ2v) is 4.76. The smallest absolute Gasteiger partial charge is 0.161 e. The van der Waals surface area contributed by atoms with Crippen LogP contribution in [0.3, 0.4) is 0 Å². The summed E-state index contributed by atoms with van der Waals surface area (Å²) in [6, 6.07) is 1.85. The van der Waals surface area contributed by atoms with E-state index in [0.29, 0.717) is 5.82 Å². The molecule has 1 radical (unpaired) electrons. The van der Waals surface area contributed by atoms with E-state index in [9.17, 15) is 0 Å². The maximum Gasteiger partial charge on any atom is 0.161 e. The normalized spacial score (nSPS) is 33.3. The molecule has 0 bridgehead atoms. The lowest BCUT2D eigenvalue weighted by Gasteiger charge is -2.41. The fourth-order valence-electron chi connectivity index (χ4n) is 2.89. The molecule has 2 atom stereocenters. The Morgan fingerprint density at radius 3 is 2.94 bits per heavy atom. The highest BCUT2D eigenvalue weighted by molar-refractivity contribution is 6.39. The third-order valence-corrected chi connectivity index (χ3v) is 3.74. The van der Waals surface area contributed by atoms with E-state index in [4.69, 9.17) is 4.74 Å². The zero-order valence-corrected chi connectivity index (χ0v) is 9.93. The number of morpholine rings is 1. The Bertz CT molecular complexity index is 361. The van der Waals surface area contributed by atoms with Gasteiger partial charge in [0.05, 0.1) is 6.61 Å². The molecular weight excluding hydrogens is 213 g/mol. The van der Waals surface area contributed by atoms with Gasteiger partial charge in [0.2, 0.25) is 0 Å². The second kappa shape index (κ2) is 4.74. The highest BCUT2D eigenvalue weighted by atomic mass is 16.5. The maximum absolute atomic E-state index is 6.12. The standard InChI is InChI=1S/C12H17BN3O/c1-3-10(13-4-1)12(9-14-7-8-17-12)11-15-5-2-6-16-11/h2,5-6,10,14H,1,3-4,7-9H2. The summed E-state index contributed by atoms with van der Waals surface area (Å²) in [6.07, 6.45) is 7.22. The van der Waals surface area contributed by atoms with Crippen molar-refractivity contribution >= 4 is 7.28 Å². The van der Waals surface area contributed by atoms with Gasteiger partial charge < -0.3 is 10.1 Å². The van der Waals surface area contributed by atoms with Gasteiger partial charge in [-0.1, -0.05) is 19.2 Å². The van der Waals surface area contributed by atoms with Gasteiger partial charge in [-0.05, 0) is 11.9 Å². The van der Waals surface area contributed by atoms with E-state index in [2.05, 4.69) is 22.6 Å². The van der Waals surface area contributed by atoms with Crippen molar-refractivity contribution in [3.05, 3.63) is 24.3 Å². The third-order valence-electron chi connectivity index (χ3n) is 3.74. The van der Waals surface area contributed by atoms with Gasteiger partial charge in [0.1, 0.15) is 12.9 Å². The number of aromatic nitrogens is 2. The van der Waals surface area contributed by atoms with Crippen LogP contribution in [0.2, 0.25) is 12.1 Å². The van der Waals surface area contributed by atoms with Crippen molar-refractivity contribution in [2.75, 3.05) is 19.7 Å². The van der Waals surface area contributed by atoms with Gasteiger partial charge in [0.15, 0.2) is 5.82 Å². The summed E-state index contributed by atoms with van der Waals surface area (Å²) in [6.45, 7) is 2.47. The van der Waals surface area contributed by atoms with Crippen LogP contribution in [-0.2, 0) is 10.3 Å². The summed E-state index contributed by atoms with van der Waals surface area (Å²) in [7, 11) is 2.38. The van der Waals surface area contributed by atoms with Gasteiger partial charge in [0.25, 0.3) is 0 Å².